The number of nitrogens with zero attached hydrogens (tertiary/aromatic N) is 1. The maximum Gasteiger partial charge on any atom is 0.337 e. The van der Waals surface area contributed by atoms with Crippen LogP contribution in [-0.2, 0) is 14.3 Å². The Morgan fingerprint density at radius 1 is 1.16 bits per heavy atom. The van der Waals surface area contributed by atoms with Gasteiger partial charge in [-0.25, -0.2) is 4.79 Å². The van der Waals surface area contributed by atoms with Gasteiger partial charge in [0.05, 0.1) is 23.3 Å². The molecule has 5 nitrogen and oxygen atoms in total. The zero-order chi connectivity index (χ0) is 22.0. The first-order valence-corrected chi connectivity index (χ1v) is 10.9. The Balaban J connectivity index is 1.76. The third kappa shape index (κ3) is 4.18. The summed E-state index contributed by atoms with van der Waals surface area (Å²) in [5, 5.41) is 3.38. The lowest BCUT2D eigenvalue weighted by atomic mass is 9.73. The number of carbonyl (C=O) groups is 2. The van der Waals surface area contributed by atoms with Crippen molar-refractivity contribution in [2.75, 3.05) is 0 Å². The van der Waals surface area contributed by atoms with Crippen molar-refractivity contribution in [2.24, 2.45) is 0 Å². The minimum absolute atomic E-state index is 0.0552. The SMILES string of the molecule is CC[C@H](C)OC(=O)C1=C(C)NC2=C(C(=O)C[C@@H](c3ccccc3)C2)[C@@H]1c1ccccn1. The highest BCUT2D eigenvalue weighted by Gasteiger charge is 2.42. The highest BCUT2D eigenvalue weighted by Crippen LogP contribution is 2.45. The van der Waals surface area contributed by atoms with Gasteiger partial charge in [0.15, 0.2) is 5.78 Å². The van der Waals surface area contributed by atoms with Crippen molar-refractivity contribution in [2.45, 2.75) is 58.0 Å². The molecule has 4 rings (SSSR count). The molecule has 0 bridgehead atoms. The molecule has 1 N–H and O–H groups in total. The minimum Gasteiger partial charge on any atom is -0.459 e. The van der Waals surface area contributed by atoms with Crippen LogP contribution in [0.1, 0.15) is 63.1 Å². The highest BCUT2D eigenvalue weighted by molar-refractivity contribution is 6.04. The number of rotatable bonds is 5. The molecule has 0 saturated carbocycles. The van der Waals surface area contributed by atoms with Crippen molar-refractivity contribution in [1.29, 1.82) is 0 Å². The van der Waals surface area contributed by atoms with Crippen LogP contribution >= 0.6 is 0 Å². The fourth-order valence-electron chi connectivity index (χ4n) is 4.44. The summed E-state index contributed by atoms with van der Waals surface area (Å²) in [6.45, 7) is 5.73. The van der Waals surface area contributed by atoms with Crippen LogP contribution in [0.5, 0.6) is 0 Å². The van der Waals surface area contributed by atoms with Crippen LogP contribution in [-0.4, -0.2) is 22.8 Å². The molecule has 1 aliphatic heterocycles. The van der Waals surface area contributed by atoms with Gasteiger partial charge in [-0.2, -0.15) is 0 Å². The molecule has 1 aromatic carbocycles. The fourth-order valence-corrected chi connectivity index (χ4v) is 4.44. The fraction of sp³-hybridized carbons (Fsp3) is 0.346. The summed E-state index contributed by atoms with van der Waals surface area (Å²) in [5.41, 5.74) is 4.58. The van der Waals surface area contributed by atoms with E-state index in [9.17, 15) is 9.59 Å². The van der Waals surface area contributed by atoms with Crippen molar-refractivity contribution in [3.8, 4) is 0 Å². The minimum atomic E-state index is -0.516. The van der Waals surface area contributed by atoms with E-state index >= 15 is 0 Å². The van der Waals surface area contributed by atoms with Gasteiger partial charge < -0.3 is 10.1 Å². The zero-order valence-electron chi connectivity index (χ0n) is 18.2. The average Bonchev–Trinajstić information content (AvgIpc) is 2.79. The van der Waals surface area contributed by atoms with Crippen LogP contribution in [0.4, 0.5) is 0 Å². The van der Waals surface area contributed by atoms with Crippen LogP contribution in [0, 0.1) is 0 Å². The standard InChI is InChI=1S/C26H28N2O3/c1-4-16(2)31-26(30)23-17(3)28-21-14-19(18-10-6-5-7-11-18)15-22(29)24(21)25(23)20-12-8-9-13-27-20/h5-13,16,19,25,28H,4,14-15H2,1-3H3/t16-,19-,25+/m0/s1. The smallest absolute Gasteiger partial charge is 0.337 e. The molecule has 0 saturated heterocycles. The molecule has 2 aromatic rings. The van der Waals surface area contributed by atoms with Crippen molar-refractivity contribution in [3.05, 3.63) is 88.5 Å². The van der Waals surface area contributed by atoms with Crippen molar-refractivity contribution in [3.63, 3.8) is 0 Å². The van der Waals surface area contributed by atoms with Crippen LogP contribution in [0.15, 0.2) is 77.3 Å². The van der Waals surface area contributed by atoms with Gasteiger partial charge in [-0.1, -0.05) is 43.3 Å². The largest absolute Gasteiger partial charge is 0.459 e. The molecule has 3 atom stereocenters. The van der Waals surface area contributed by atoms with E-state index in [1.54, 1.807) is 6.20 Å². The Labute approximate surface area is 183 Å². The van der Waals surface area contributed by atoms with Gasteiger partial charge in [0.2, 0.25) is 0 Å². The number of allylic oxidation sites excluding steroid dienone is 3. The number of hydrogen-bond donors (Lipinski definition) is 1. The first kappa shape index (κ1) is 21.0. The zero-order valence-corrected chi connectivity index (χ0v) is 18.2. The summed E-state index contributed by atoms with van der Waals surface area (Å²) in [6, 6.07) is 15.7. The average molecular weight is 417 g/mol. The molecule has 1 aromatic heterocycles. The Morgan fingerprint density at radius 2 is 1.90 bits per heavy atom. The number of nitrogens with one attached hydrogen (secondary N) is 1. The van der Waals surface area contributed by atoms with Crippen molar-refractivity contribution >= 4 is 11.8 Å². The first-order chi connectivity index (χ1) is 15.0. The molecule has 31 heavy (non-hydrogen) atoms. The predicted octanol–water partition coefficient (Wildman–Crippen LogP) is 4.78. The summed E-state index contributed by atoms with van der Waals surface area (Å²) in [4.78, 5) is 31.1. The second-order valence-electron chi connectivity index (χ2n) is 8.31. The van der Waals surface area contributed by atoms with Crippen LogP contribution in [0.2, 0.25) is 0 Å². The van der Waals surface area contributed by atoms with E-state index in [1.807, 2.05) is 57.2 Å². The number of dihydropyridines is 1. The van der Waals surface area contributed by atoms with Gasteiger partial charge in [-0.05, 0) is 50.3 Å². The van der Waals surface area contributed by atoms with Gasteiger partial charge in [-0.15, -0.1) is 0 Å². The maximum absolute atomic E-state index is 13.4. The topological polar surface area (TPSA) is 68.3 Å². The highest BCUT2D eigenvalue weighted by atomic mass is 16.5. The molecule has 0 radical (unpaired) electrons. The van der Waals surface area contributed by atoms with E-state index < -0.39 is 5.92 Å². The van der Waals surface area contributed by atoms with Crippen molar-refractivity contribution in [1.82, 2.24) is 10.3 Å². The van der Waals surface area contributed by atoms with Crippen LogP contribution in [0.3, 0.4) is 0 Å². The monoisotopic (exact) mass is 416 g/mol. The molecular weight excluding hydrogens is 388 g/mol. The van der Waals surface area contributed by atoms with Crippen LogP contribution in [0.25, 0.3) is 0 Å². The lowest BCUT2D eigenvalue weighted by Crippen LogP contribution is -2.36. The molecule has 5 heteroatoms. The normalized spacial score (nSPS) is 22.0. The second-order valence-corrected chi connectivity index (χ2v) is 8.31. The number of carbonyl (C=O) groups excluding carboxylic acids is 2. The number of Topliss-reactive ketones (excluding diaryl/α,β-unsaturated/α-hetero) is 1. The van der Waals surface area contributed by atoms with E-state index in [-0.39, 0.29) is 23.8 Å². The number of ketones is 1. The molecule has 0 amide bonds. The Kier molecular flexibility index (Phi) is 6.03. The first-order valence-electron chi connectivity index (χ1n) is 10.9. The van der Waals surface area contributed by atoms with Gasteiger partial charge >= 0.3 is 5.97 Å². The number of esters is 1. The molecule has 2 heterocycles. The lowest BCUT2D eigenvalue weighted by molar-refractivity contribution is -0.144. The summed E-state index contributed by atoms with van der Waals surface area (Å²) in [5.74, 6) is -0.733. The molecule has 1 aliphatic carbocycles. The summed E-state index contributed by atoms with van der Waals surface area (Å²) < 4.78 is 5.67. The number of hydrogen-bond acceptors (Lipinski definition) is 5. The van der Waals surface area contributed by atoms with E-state index in [4.69, 9.17) is 4.74 Å². The van der Waals surface area contributed by atoms with E-state index in [0.29, 0.717) is 23.3 Å². The Morgan fingerprint density at radius 3 is 2.58 bits per heavy atom. The molecule has 0 fully saturated rings. The maximum atomic E-state index is 13.4. The molecule has 160 valence electrons. The Hall–Kier alpha value is -3.21. The number of aromatic nitrogens is 1. The number of ether oxygens (including phenoxy) is 1. The number of pyridine rings is 1. The molecule has 0 spiro atoms. The number of benzene rings is 1. The van der Waals surface area contributed by atoms with Gasteiger partial charge in [0, 0.05) is 29.6 Å². The molecule has 2 aliphatic rings. The van der Waals surface area contributed by atoms with Gasteiger partial charge in [-0.3, -0.25) is 9.78 Å². The second kappa shape index (κ2) is 8.88. The van der Waals surface area contributed by atoms with E-state index in [0.717, 1.165) is 29.8 Å². The van der Waals surface area contributed by atoms with Gasteiger partial charge in [0.25, 0.3) is 0 Å². The Bertz CT molecular complexity index is 1040. The predicted molar refractivity (Wildman–Crippen MR) is 119 cm³/mol. The summed E-state index contributed by atoms with van der Waals surface area (Å²) >= 11 is 0. The van der Waals surface area contributed by atoms with E-state index in [2.05, 4.69) is 22.4 Å². The van der Waals surface area contributed by atoms with Crippen LogP contribution < -0.4 is 5.32 Å². The summed E-state index contributed by atoms with van der Waals surface area (Å²) in [6.07, 6.45) is 3.37. The third-order valence-corrected chi connectivity index (χ3v) is 6.19. The van der Waals surface area contributed by atoms with Gasteiger partial charge in [0.1, 0.15) is 0 Å². The lowest BCUT2D eigenvalue weighted by Gasteiger charge is -2.36. The quantitative estimate of drug-likeness (QED) is 0.710. The molecule has 0 unspecified atom stereocenters. The summed E-state index contributed by atoms with van der Waals surface area (Å²) in [7, 11) is 0. The third-order valence-electron chi connectivity index (χ3n) is 6.19. The van der Waals surface area contributed by atoms with Crippen molar-refractivity contribution < 1.29 is 14.3 Å². The van der Waals surface area contributed by atoms with E-state index in [1.165, 1.54) is 0 Å². The molecular formula is C26H28N2O3.